The van der Waals surface area contributed by atoms with Gasteiger partial charge in [-0.25, -0.2) is 0 Å². The van der Waals surface area contributed by atoms with E-state index in [9.17, 15) is 0 Å². The predicted molar refractivity (Wildman–Crippen MR) is 63.0 cm³/mol. The van der Waals surface area contributed by atoms with E-state index in [1.165, 1.54) is 0 Å². The monoisotopic (exact) mass is 212 g/mol. The minimum absolute atomic E-state index is 0.343. The molecular weight excluding hydrogens is 188 g/mol. The normalized spacial score (nSPS) is 24.9. The van der Waals surface area contributed by atoms with Gasteiger partial charge in [0, 0.05) is 19.8 Å². The molecule has 0 spiro atoms. The molecule has 1 unspecified atom stereocenters. The first-order chi connectivity index (χ1) is 7.38. The standard InChI is InChI=1S/C13H24O2/c1-3-9-14-11-8-12-6-5-7-13(12)15-10-4-2/h5,7,12-13H,3-4,6,8-11H2,1-2H3/t12?,13-/m0/s1. The SMILES string of the molecule is CCCOCCC1CC=C[C@@H]1OCCC. The zero-order valence-corrected chi connectivity index (χ0v) is 10.1. The lowest BCUT2D eigenvalue weighted by molar-refractivity contribution is 0.0352. The van der Waals surface area contributed by atoms with Gasteiger partial charge in [0.25, 0.3) is 0 Å². The third-order valence-corrected chi connectivity index (χ3v) is 2.73. The molecule has 0 aromatic rings. The molecule has 0 heterocycles. The van der Waals surface area contributed by atoms with Gasteiger partial charge in [-0.2, -0.15) is 0 Å². The molecule has 2 heteroatoms. The average Bonchev–Trinajstić information content (AvgIpc) is 2.69. The number of ether oxygens (including phenoxy) is 2. The average molecular weight is 212 g/mol. The summed E-state index contributed by atoms with van der Waals surface area (Å²) in [7, 11) is 0. The fourth-order valence-electron chi connectivity index (χ4n) is 1.89. The van der Waals surface area contributed by atoms with Crippen LogP contribution in [-0.4, -0.2) is 25.9 Å². The van der Waals surface area contributed by atoms with E-state index in [4.69, 9.17) is 9.47 Å². The van der Waals surface area contributed by atoms with E-state index in [1.54, 1.807) is 0 Å². The second-order valence-electron chi connectivity index (χ2n) is 4.16. The lowest BCUT2D eigenvalue weighted by Crippen LogP contribution is -2.20. The minimum Gasteiger partial charge on any atom is -0.381 e. The van der Waals surface area contributed by atoms with Gasteiger partial charge in [0.2, 0.25) is 0 Å². The number of allylic oxidation sites excluding steroid dienone is 1. The van der Waals surface area contributed by atoms with Crippen LogP contribution in [0.1, 0.15) is 39.5 Å². The summed E-state index contributed by atoms with van der Waals surface area (Å²) in [6.07, 6.45) is 9.29. The molecule has 0 N–H and O–H groups in total. The van der Waals surface area contributed by atoms with Crippen molar-refractivity contribution in [3.63, 3.8) is 0 Å². The van der Waals surface area contributed by atoms with Crippen molar-refractivity contribution in [2.75, 3.05) is 19.8 Å². The Morgan fingerprint density at radius 3 is 2.67 bits per heavy atom. The molecular formula is C13H24O2. The Hall–Kier alpha value is -0.340. The van der Waals surface area contributed by atoms with E-state index < -0.39 is 0 Å². The summed E-state index contributed by atoms with van der Waals surface area (Å²) in [5.41, 5.74) is 0. The van der Waals surface area contributed by atoms with Crippen LogP contribution in [0.2, 0.25) is 0 Å². The number of rotatable bonds is 8. The Bertz CT molecular complexity index is 177. The summed E-state index contributed by atoms with van der Waals surface area (Å²) in [5.74, 6) is 0.647. The smallest absolute Gasteiger partial charge is 0.0787 e. The summed E-state index contributed by atoms with van der Waals surface area (Å²) < 4.78 is 11.3. The summed E-state index contributed by atoms with van der Waals surface area (Å²) in [4.78, 5) is 0. The second-order valence-corrected chi connectivity index (χ2v) is 4.16. The Kier molecular flexibility index (Phi) is 6.69. The molecule has 1 aliphatic carbocycles. The molecule has 0 saturated carbocycles. The van der Waals surface area contributed by atoms with E-state index in [0.717, 1.165) is 45.5 Å². The largest absolute Gasteiger partial charge is 0.381 e. The molecule has 1 aliphatic rings. The van der Waals surface area contributed by atoms with Gasteiger partial charge in [-0.1, -0.05) is 26.0 Å². The van der Waals surface area contributed by atoms with Crippen molar-refractivity contribution >= 4 is 0 Å². The molecule has 0 aromatic carbocycles. The van der Waals surface area contributed by atoms with Crippen molar-refractivity contribution in [1.82, 2.24) is 0 Å². The third-order valence-electron chi connectivity index (χ3n) is 2.73. The number of hydrogen-bond acceptors (Lipinski definition) is 2. The summed E-state index contributed by atoms with van der Waals surface area (Å²) >= 11 is 0. The van der Waals surface area contributed by atoms with Crippen LogP contribution in [0.4, 0.5) is 0 Å². The van der Waals surface area contributed by atoms with Crippen molar-refractivity contribution in [2.24, 2.45) is 5.92 Å². The van der Waals surface area contributed by atoms with E-state index in [0.29, 0.717) is 12.0 Å². The Morgan fingerprint density at radius 1 is 1.13 bits per heavy atom. The predicted octanol–water partition coefficient (Wildman–Crippen LogP) is 3.17. The molecule has 0 aromatic heterocycles. The second kappa shape index (κ2) is 7.89. The molecule has 0 aliphatic heterocycles. The van der Waals surface area contributed by atoms with Crippen LogP contribution in [0.3, 0.4) is 0 Å². The first-order valence-corrected chi connectivity index (χ1v) is 6.24. The molecule has 2 nitrogen and oxygen atoms in total. The molecule has 0 amide bonds. The molecule has 88 valence electrons. The van der Waals surface area contributed by atoms with Crippen LogP contribution in [0.25, 0.3) is 0 Å². The Morgan fingerprint density at radius 2 is 1.93 bits per heavy atom. The van der Waals surface area contributed by atoms with Crippen LogP contribution < -0.4 is 0 Å². The molecule has 0 bridgehead atoms. The van der Waals surface area contributed by atoms with Crippen molar-refractivity contribution in [1.29, 1.82) is 0 Å². The maximum atomic E-state index is 5.78. The van der Waals surface area contributed by atoms with E-state index in [1.807, 2.05) is 0 Å². The van der Waals surface area contributed by atoms with E-state index in [2.05, 4.69) is 26.0 Å². The van der Waals surface area contributed by atoms with Gasteiger partial charge in [-0.3, -0.25) is 0 Å². The molecule has 0 radical (unpaired) electrons. The molecule has 1 rings (SSSR count). The van der Waals surface area contributed by atoms with Gasteiger partial charge in [0.15, 0.2) is 0 Å². The van der Waals surface area contributed by atoms with Crippen LogP contribution >= 0.6 is 0 Å². The summed E-state index contributed by atoms with van der Waals surface area (Å²) in [5, 5.41) is 0. The van der Waals surface area contributed by atoms with Gasteiger partial charge in [-0.05, 0) is 31.6 Å². The summed E-state index contributed by atoms with van der Waals surface area (Å²) in [6.45, 7) is 6.94. The fraction of sp³-hybridized carbons (Fsp3) is 0.846. The lowest BCUT2D eigenvalue weighted by Gasteiger charge is -2.19. The van der Waals surface area contributed by atoms with Crippen LogP contribution in [-0.2, 0) is 9.47 Å². The van der Waals surface area contributed by atoms with Gasteiger partial charge in [0.1, 0.15) is 0 Å². The topological polar surface area (TPSA) is 18.5 Å². The fourth-order valence-corrected chi connectivity index (χ4v) is 1.89. The van der Waals surface area contributed by atoms with E-state index in [-0.39, 0.29) is 0 Å². The van der Waals surface area contributed by atoms with Gasteiger partial charge < -0.3 is 9.47 Å². The number of hydrogen-bond donors (Lipinski definition) is 0. The van der Waals surface area contributed by atoms with Crippen molar-refractivity contribution < 1.29 is 9.47 Å². The highest BCUT2D eigenvalue weighted by Gasteiger charge is 2.22. The van der Waals surface area contributed by atoms with Crippen LogP contribution in [0.5, 0.6) is 0 Å². The van der Waals surface area contributed by atoms with Crippen molar-refractivity contribution in [3.05, 3.63) is 12.2 Å². The maximum absolute atomic E-state index is 5.78. The van der Waals surface area contributed by atoms with Gasteiger partial charge in [-0.15, -0.1) is 0 Å². The van der Waals surface area contributed by atoms with Gasteiger partial charge >= 0.3 is 0 Å². The van der Waals surface area contributed by atoms with Gasteiger partial charge in [0.05, 0.1) is 6.10 Å². The Balaban J connectivity index is 2.11. The van der Waals surface area contributed by atoms with E-state index >= 15 is 0 Å². The first-order valence-electron chi connectivity index (χ1n) is 6.24. The highest BCUT2D eigenvalue weighted by Crippen LogP contribution is 2.25. The van der Waals surface area contributed by atoms with Crippen LogP contribution in [0, 0.1) is 5.92 Å². The van der Waals surface area contributed by atoms with Crippen LogP contribution in [0.15, 0.2) is 12.2 Å². The maximum Gasteiger partial charge on any atom is 0.0787 e. The highest BCUT2D eigenvalue weighted by atomic mass is 16.5. The molecule has 0 fully saturated rings. The Labute approximate surface area is 93.7 Å². The molecule has 2 atom stereocenters. The van der Waals surface area contributed by atoms with Crippen molar-refractivity contribution in [2.45, 2.75) is 45.6 Å². The molecule has 0 saturated heterocycles. The van der Waals surface area contributed by atoms with Crippen molar-refractivity contribution in [3.8, 4) is 0 Å². The zero-order chi connectivity index (χ0) is 10.9. The third kappa shape index (κ3) is 4.80. The molecule has 15 heavy (non-hydrogen) atoms. The quantitative estimate of drug-likeness (QED) is 0.454. The zero-order valence-electron chi connectivity index (χ0n) is 10.1. The first kappa shape index (κ1) is 12.7. The lowest BCUT2D eigenvalue weighted by atomic mass is 10.0. The minimum atomic E-state index is 0.343. The highest BCUT2D eigenvalue weighted by molar-refractivity contribution is 5.02. The summed E-state index contributed by atoms with van der Waals surface area (Å²) in [6, 6.07) is 0.